The van der Waals surface area contributed by atoms with E-state index in [1.54, 1.807) is 6.07 Å². The lowest BCUT2D eigenvalue weighted by Gasteiger charge is -2.21. The quantitative estimate of drug-likeness (QED) is 0.718. The molecule has 0 unspecified atom stereocenters. The Labute approximate surface area is 107 Å². The fourth-order valence-corrected chi connectivity index (χ4v) is 1.62. The van der Waals surface area contributed by atoms with Crippen LogP contribution in [-0.4, -0.2) is 41.7 Å². The molecule has 0 saturated heterocycles. The van der Waals surface area contributed by atoms with E-state index in [1.807, 2.05) is 0 Å². The van der Waals surface area contributed by atoms with Crippen LogP contribution in [0.4, 0.5) is 10.5 Å². The van der Waals surface area contributed by atoms with Gasteiger partial charge in [0.2, 0.25) is 6.79 Å². The smallest absolute Gasteiger partial charge is 0.411 e. The molecule has 8 nitrogen and oxygen atoms in total. The first-order valence-electron chi connectivity index (χ1n) is 5.37. The van der Waals surface area contributed by atoms with Crippen LogP contribution in [0.2, 0.25) is 0 Å². The summed E-state index contributed by atoms with van der Waals surface area (Å²) in [5, 5.41) is 17.8. The molecule has 1 aliphatic heterocycles. The van der Waals surface area contributed by atoms with E-state index in [4.69, 9.17) is 25.4 Å². The van der Waals surface area contributed by atoms with Crippen molar-refractivity contribution < 1.29 is 29.3 Å². The topological polar surface area (TPSA) is 122 Å². The van der Waals surface area contributed by atoms with Crippen LogP contribution in [0.25, 0.3) is 0 Å². The molecule has 0 radical (unpaired) electrons. The Bertz CT molecular complexity index is 518. The maximum absolute atomic E-state index is 11.2. The molecule has 1 amide bonds. The zero-order chi connectivity index (χ0) is 14.0. The molecule has 1 aliphatic rings. The van der Waals surface area contributed by atoms with Gasteiger partial charge >= 0.3 is 12.1 Å². The Kier molecular flexibility index (Phi) is 3.43. The highest BCUT2D eigenvalue weighted by Gasteiger charge is 2.24. The van der Waals surface area contributed by atoms with Crippen LogP contribution < -0.4 is 20.1 Å². The van der Waals surface area contributed by atoms with Crippen molar-refractivity contribution in [3.05, 3.63) is 18.2 Å². The molecule has 1 aromatic rings. The van der Waals surface area contributed by atoms with Crippen molar-refractivity contribution in [3.8, 4) is 11.5 Å². The van der Waals surface area contributed by atoms with Crippen molar-refractivity contribution in [2.24, 2.45) is 5.73 Å². The molecular weight excluding hydrogens is 256 g/mol. The number of ether oxygens (including phenoxy) is 2. The fourth-order valence-electron chi connectivity index (χ4n) is 1.62. The molecule has 0 saturated carbocycles. The van der Waals surface area contributed by atoms with Gasteiger partial charge in [-0.25, -0.2) is 4.79 Å². The Morgan fingerprint density at radius 3 is 2.63 bits per heavy atom. The predicted molar refractivity (Wildman–Crippen MR) is 63.5 cm³/mol. The van der Waals surface area contributed by atoms with E-state index in [0.717, 1.165) is 4.90 Å². The lowest BCUT2D eigenvalue weighted by atomic mass is 10.2. The summed E-state index contributed by atoms with van der Waals surface area (Å²) in [6, 6.07) is 3.21. The summed E-state index contributed by atoms with van der Waals surface area (Å²) >= 11 is 0. The van der Waals surface area contributed by atoms with Crippen LogP contribution in [0, 0.1) is 0 Å². The number of fused-ring (bicyclic) bond motifs is 1. The zero-order valence-electron chi connectivity index (χ0n) is 9.78. The Hall–Kier alpha value is -2.48. The predicted octanol–water partition coefficient (Wildman–Crippen LogP) is 0.312. The highest BCUT2D eigenvalue weighted by molar-refractivity contribution is 5.88. The molecule has 102 valence electrons. The van der Waals surface area contributed by atoms with Crippen LogP contribution in [0.3, 0.4) is 0 Å². The van der Waals surface area contributed by atoms with Gasteiger partial charge in [-0.2, -0.15) is 0 Å². The van der Waals surface area contributed by atoms with E-state index in [0.29, 0.717) is 11.5 Å². The third kappa shape index (κ3) is 2.68. The maximum Gasteiger partial charge on any atom is 0.411 e. The number of benzene rings is 1. The highest BCUT2D eigenvalue weighted by Crippen LogP contribution is 2.35. The SMILES string of the molecule is N[C@@H](CN(C(=O)O)c1ccc2c(c1)OCO2)C(=O)O. The number of carbonyl (C=O) groups is 2. The van der Waals surface area contributed by atoms with E-state index in [2.05, 4.69) is 0 Å². The van der Waals surface area contributed by atoms with Gasteiger partial charge < -0.3 is 25.4 Å². The number of amides is 1. The minimum atomic E-state index is -1.30. The molecule has 0 bridgehead atoms. The standard InChI is InChI=1S/C11H12N2O6/c12-7(10(14)15)4-13(11(16)17)6-1-2-8-9(3-6)19-5-18-8/h1-3,7H,4-5,12H2,(H,14,15)(H,16,17)/t7-/m0/s1. The number of hydrogen-bond donors (Lipinski definition) is 3. The molecule has 0 aliphatic carbocycles. The third-order valence-electron chi connectivity index (χ3n) is 2.60. The fraction of sp³-hybridized carbons (Fsp3) is 0.273. The van der Waals surface area contributed by atoms with Crippen LogP contribution in [0.1, 0.15) is 0 Å². The molecule has 1 heterocycles. The minimum Gasteiger partial charge on any atom is -0.480 e. The van der Waals surface area contributed by atoms with Gasteiger partial charge in [0.15, 0.2) is 11.5 Å². The molecule has 0 fully saturated rings. The van der Waals surface area contributed by atoms with Gasteiger partial charge in [-0.1, -0.05) is 0 Å². The van der Waals surface area contributed by atoms with E-state index in [1.165, 1.54) is 12.1 Å². The van der Waals surface area contributed by atoms with Crippen molar-refractivity contribution >= 4 is 17.7 Å². The third-order valence-corrected chi connectivity index (χ3v) is 2.60. The number of anilines is 1. The van der Waals surface area contributed by atoms with Crippen molar-refractivity contribution in [1.82, 2.24) is 0 Å². The van der Waals surface area contributed by atoms with Gasteiger partial charge in [0, 0.05) is 6.07 Å². The molecule has 0 spiro atoms. The van der Waals surface area contributed by atoms with Gasteiger partial charge in [-0.15, -0.1) is 0 Å². The first-order valence-corrected chi connectivity index (χ1v) is 5.37. The monoisotopic (exact) mass is 268 g/mol. The van der Waals surface area contributed by atoms with Crippen molar-refractivity contribution in [1.29, 1.82) is 0 Å². The summed E-state index contributed by atoms with van der Waals surface area (Å²) in [7, 11) is 0. The van der Waals surface area contributed by atoms with Crippen LogP contribution in [-0.2, 0) is 4.79 Å². The summed E-state index contributed by atoms with van der Waals surface area (Å²) in [6.45, 7) is -0.287. The molecule has 1 aromatic carbocycles. The van der Waals surface area contributed by atoms with E-state index in [-0.39, 0.29) is 19.0 Å². The van der Waals surface area contributed by atoms with Gasteiger partial charge in [0.1, 0.15) is 6.04 Å². The lowest BCUT2D eigenvalue weighted by molar-refractivity contribution is -0.138. The summed E-state index contributed by atoms with van der Waals surface area (Å²) in [5.41, 5.74) is 5.62. The number of carboxylic acid groups (broad SMARTS) is 2. The number of nitrogens with two attached hydrogens (primary N) is 1. The van der Waals surface area contributed by atoms with Gasteiger partial charge in [-0.3, -0.25) is 9.69 Å². The Morgan fingerprint density at radius 1 is 1.32 bits per heavy atom. The number of hydrogen-bond acceptors (Lipinski definition) is 5. The van der Waals surface area contributed by atoms with Crippen LogP contribution >= 0.6 is 0 Å². The van der Waals surface area contributed by atoms with Gasteiger partial charge in [0.05, 0.1) is 12.2 Å². The van der Waals surface area contributed by atoms with Crippen molar-refractivity contribution in [2.45, 2.75) is 6.04 Å². The normalized spacial score (nSPS) is 13.9. The largest absolute Gasteiger partial charge is 0.480 e. The van der Waals surface area contributed by atoms with E-state index in [9.17, 15) is 9.59 Å². The second-order valence-corrected chi connectivity index (χ2v) is 3.88. The van der Waals surface area contributed by atoms with E-state index < -0.39 is 18.1 Å². The summed E-state index contributed by atoms with van der Waals surface area (Å²) < 4.78 is 10.2. The molecule has 19 heavy (non-hydrogen) atoms. The van der Waals surface area contributed by atoms with Crippen LogP contribution in [0.15, 0.2) is 18.2 Å². The van der Waals surface area contributed by atoms with Gasteiger partial charge in [0.25, 0.3) is 0 Å². The molecule has 2 rings (SSSR count). The van der Waals surface area contributed by atoms with Crippen molar-refractivity contribution in [2.75, 3.05) is 18.2 Å². The van der Waals surface area contributed by atoms with E-state index >= 15 is 0 Å². The second-order valence-electron chi connectivity index (χ2n) is 3.88. The summed E-state index contributed by atoms with van der Waals surface area (Å²) in [6.07, 6.45) is -1.30. The summed E-state index contributed by atoms with van der Waals surface area (Å²) in [4.78, 5) is 22.7. The number of rotatable bonds is 4. The van der Waals surface area contributed by atoms with Crippen molar-refractivity contribution in [3.63, 3.8) is 0 Å². The number of aliphatic carboxylic acids is 1. The number of nitrogens with zero attached hydrogens (tertiary/aromatic N) is 1. The highest BCUT2D eigenvalue weighted by atomic mass is 16.7. The number of carboxylic acids is 1. The molecule has 4 N–H and O–H groups in total. The first-order chi connectivity index (χ1) is 8.99. The first kappa shape index (κ1) is 13.0. The maximum atomic E-state index is 11.2. The second kappa shape index (κ2) is 5.02. The lowest BCUT2D eigenvalue weighted by Crippen LogP contribution is -2.45. The molecule has 1 atom stereocenters. The van der Waals surface area contributed by atoms with Crippen LogP contribution in [0.5, 0.6) is 11.5 Å². The average molecular weight is 268 g/mol. The Balaban J connectivity index is 2.24. The molecule has 0 aromatic heterocycles. The summed E-state index contributed by atoms with van der Waals surface area (Å²) in [5.74, 6) is -0.351. The average Bonchev–Trinajstić information content (AvgIpc) is 2.81. The molecular formula is C11H12N2O6. The minimum absolute atomic E-state index is 0.0699. The molecule has 8 heteroatoms. The zero-order valence-corrected chi connectivity index (χ0v) is 9.78. The van der Waals surface area contributed by atoms with Gasteiger partial charge in [-0.05, 0) is 12.1 Å². The Morgan fingerprint density at radius 2 is 2.00 bits per heavy atom.